The number of fused-ring (bicyclic) bond motifs is 4. The topological polar surface area (TPSA) is 128 Å². The summed E-state index contributed by atoms with van der Waals surface area (Å²) in [5.41, 5.74) is 4.43. The molecule has 6 heterocycles. The molecule has 2 aliphatic rings. The number of rotatable bonds is 10. The first kappa shape index (κ1) is 29.8. The zero-order valence-corrected chi connectivity index (χ0v) is 28.2. The van der Waals surface area contributed by atoms with Crippen LogP contribution in [-0.2, 0) is 12.8 Å². The summed E-state index contributed by atoms with van der Waals surface area (Å²) in [6.45, 7) is 9.03. The molecule has 14 heteroatoms. The Bertz CT molecular complexity index is 2010. The SMILES string of the molecule is CCCc1c2cc3c(cc2cc(C)[n+]1-c1nc(SCSc2n[nH]c(-[n+]4c(C)cc5cc6c(cc5c4CCC)OCO6)n2)n[nH]1)OCO3. The van der Waals surface area contributed by atoms with Crippen molar-refractivity contribution in [2.45, 2.75) is 63.7 Å². The summed E-state index contributed by atoms with van der Waals surface area (Å²) >= 11 is 3.08. The van der Waals surface area contributed by atoms with Gasteiger partial charge in [-0.2, -0.15) is 0 Å². The highest BCUT2D eigenvalue weighted by Gasteiger charge is 2.27. The average Bonchev–Trinajstić information content (AvgIpc) is 3.88. The molecule has 240 valence electrons. The minimum atomic E-state index is 0.249. The summed E-state index contributed by atoms with van der Waals surface area (Å²) in [4.78, 5) is 9.73. The van der Waals surface area contributed by atoms with E-state index in [1.165, 1.54) is 0 Å². The Morgan fingerprint density at radius 3 is 1.49 bits per heavy atom. The van der Waals surface area contributed by atoms with Crippen LogP contribution in [0.4, 0.5) is 0 Å². The van der Waals surface area contributed by atoms with Crippen molar-refractivity contribution in [2.75, 3.05) is 18.7 Å². The fourth-order valence-electron chi connectivity index (χ4n) is 6.40. The minimum Gasteiger partial charge on any atom is -0.454 e. The number of aromatic amines is 2. The van der Waals surface area contributed by atoms with Gasteiger partial charge >= 0.3 is 11.9 Å². The van der Waals surface area contributed by atoms with Gasteiger partial charge < -0.3 is 18.9 Å². The van der Waals surface area contributed by atoms with E-state index in [1.807, 2.05) is 0 Å². The monoisotopic (exact) mass is 670 g/mol. The van der Waals surface area contributed by atoms with E-state index in [1.54, 1.807) is 23.5 Å². The third kappa shape index (κ3) is 5.38. The van der Waals surface area contributed by atoms with Gasteiger partial charge in [-0.15, -0.1) is 10.2 Å². The molecule has 0 atom stereocenters. The van der Waals surface area contributed by atoms with Gasteiger partial charge in [-0.3, -0.25) is 0 Å². The molecule has 0 amide bonds. The second-order valence-corrected chi connectivity index (χ2v) is 13.8. The molecule has 2 aliphatic heterocycles. The number of hydrogen-bond acceptors (Lipinski definition) is 10. The van der Waals surface area contributed by atoms with Gasteiger partial charge in [0, 0.05) is 23.6 Å². The van der Waals surface area contributed by atoms with Crippen molar-refractivity contribution in [1.29, 1.82) is 0 Å². The maximum atomic E-state index is 5.69. The molecule has 0 radical (unpaired) electrons. The molecule has 0 saturated heterocycles. The Morgan fingerprint density at radius 2 is 1.06 bits per heavy atom. The van der Waals surface area contributed by atoms with Crippen molar-refractivity contribution < 1.29 is 28.1 Å². The maximum absolute atomic E-state index is 5.69. The number of benzene rings is 2. The van der Waals surface area contributed by atoms with Gasteiger partial charge in [0.25, 0.3) is 10.3 Å². The Morgan fingerprint density at radius 1 is 0.638 bits per heavy atom. The van der Waals surface area contributed by atoms with Crippen molar-refractivity contribution in [3.8, 4) is 34.9 Å². The van der Waals surface area contributed by atoms with E-state index in [0.29, 0.717) is 27.3 Å². The number of ether oxygens (including phenoxy) is 4. The molecule has 4 aromatic heterocycles. The summed E-state index contributed by atoms with van der Waals surface area (Å²) < 4.78 is 26.9. The van der Waals surface area contributed by atoms with Crippen molar-refractivity contribution in [2.24, 2.45) is 0 Å². The fraction of sp³-hybridized carbons (Fsp3) is 0.333. The first-order valence-corrected chi connectivity index (χ1v) is 17.6. The Hall–Kier alpha value is -4.56. The van der Waals surface area contributed by atoms with Crippen molar-refractivity contribution in [3.63, 3.8) is 0 Å². The van der Waals surface area contributed by atoms with Crippen LogP contribution < -0.4 is 28.1 Å². The van der Waals surface area contributed by atoms with Gasteiger partial charge in [0.05, 0.1) is 27.9 Å². The Kier molecular flexibility index (Phi) is 7.76. The number of pyridine rings is 2. The largest absolute Gasteiger partial charge is 0.454 e. The molecule has 8 rings (SSSR count). The molecule has 12 nitrogen and oxygen atoms in total. The average molecular weight is 671 g/mol. The molecule has 2 aromatic carbocycles. The highest BCUT2D eigenvalue weighted by atomic mass is 32.2. The van der Waals surface area contributed by atoms with E-state index in [-0.39, 0.29) is 13.6 Å². The van der Waals surface area contributed by atoms with E-state index in [0.717, 1.165) is 93.0 Å². The third-order valence-electron chi connectivity index (χ3n) is 8.36. The standard InChI is InChI=1S/C33H34N8O4S2/c1-5-7-24-22-13-28-26(42-15-44-28)11-20(22)9-18(3)40(24)30-34-32(38-36-30)46-17-47-33-35-31(37-39-33)41-19(4)10-21-12-27-29(45-16-43-27)14-23(21)25(41)8-6-2/h9-14H,5-8,15-17H2,1-4H3,(H,34,36,38)(H,35,37,39)/q+2. The number of thioether (sulfide) groups is 2. The quantitative estimate of drug-likeness (QED) is 0.108. The van der Waals surface area contributed by atoms with Crippen LogP contribution in [0.25, 0.3) is 33.4 Å². The third-order valence-corrected chi connectivity index (χ3v) is 10.2. The summed E-state index contributed by atoms with van der Waals surface area (Å²) in [5.74, 6) is 4.49. The zero-order chi connectivity index (χ0) is 32.1. The van der Waals surface area contributed by atoms with Crippen LogP contribution in [0.2, 0.25) is 0 Å². The lowest BCUT2D eigenvalue weighted by molar-refractivity contribution is -0.617. The number of H-pyrrole nitrogens is 2. The van der Waals surface area contributed by atoms with Crippen molar-refractivity contribution in [1.82, 2.24) is 30.4 Å². The predicted octanol–water partition coefficient (Wildman–Crippen LogP) is 5.60. The lowest BCUT2D eigenvalue weighted by atomic mass is 10.0. The molecule has 0 fully saturated rings. The molecule has 2 N–H and O–H groups in total. The first-order valence-electron chi connectivity index (χ1n) is 15.7. The molecular formula is C33H34N8O4S2+2. The minimum absolute atomic E-state index is 0.249. The fourth-order valence-corrected chi connectivity index (χ4v) is 8.00. The van der Waals surface area contributed by atoms with Crippen LogP contribution in [0, 0.1) is 13.8 Å². The number of hydrogen-bond donors (Lipinski definition) is 2. The molecule has 0 unspecified atom stereocenters. The molecule has 47 heavy (non-hydrogen) atoms. The van der Waals surface area contributed by atoms with Crippen LogP contribution in [0.3, 0.4) is 0 Å². The summed E-state index contributed by atoms with van der Waals surface area (Å²) in [7, 11) is 0. The Labute approximate surface area is 279 Å². The molecule has 0 aliphatic carbocycles. The second kappa shape index (κ2) is 12.2. The molecule has 0 spiro atoms. The van der Waals surface area contributed by atoms with Gasteiger partial charge in [0.15, 0.2) is 23.0 Å². The van der Waals surface area contributed by atoms with Crippen LogP contribution in [0.15, 0.2) is 46.7 Å². The first-order chi connectivity index (χ1) is 23.0. The number of nitrogens with one attached hydrogen (secondary N) is 2. The van der Waals surface area contributed by atoms with Crippen LogP contribution in [0.5, 0.6) is 23.0 Å². The number of aromatic nitrogens is 8. The van der Waals surface area contributed by atoms with Gasteiger partial charge in [-0.05, 0) is 83.8 Å². The van der Waals surface area contributed by atoms with Gasteiger partial charge in [0.2, 0.25) is 13.6 Å². The lowest BCUT2D eigenvalue weighted by Gasteiger charge is -2.12. The van der Waals surface area contributed by atoms with Crippen molar-refractivity contribution in [3.05, 3.63) is 59.2 Å². The zero-order valence-electron chi connectivity index (χ0n) is 26.5. The van der Waals surface area contributed by atoms with Crippen LogP contribution in [-0.4, -0.2) is 49.0 Å². The lowest BCUT2D eigenvalue weighted by Crippen LogP contribution is -2.40. The normalized spacial score (nSPS) is 13.4. The van der Waals surface area contributed by atoms with E-state index in [4.69, 9.17) is 28.9 Å². The van der Waals surface area contributed by atoms with E-state index in [9.17, 15) is 0 Å². The summed E-state index contributed by atoms with van der Waals surface area (Å²) in [5, 5.41) is 21.8. The van der Waals surface area contributed by atoms with Gasteiger partial charge in [-0.1, -0.05) is 47.6 Å². The molecule has 6 aromatic rings. The van der Waals surface area contributed by atoms with Crippen molar-refractivity contribution >= 4 is 45.1 Å². The van der Waals surface area contributed by atoms with Gasteiger partial charge in [0.1, 0.15) is 0 Å². The predicted molar refractivity (Wildman–Crippen MR) is 177 cm³/mol. The molecular weight excluding hydrogens is 637 g/mol. The van der Waals surface area contributed by atoms with Gasteiger partial charge in [-0.25, -0.2) is 9.13 Å². The van der Waals surface area contributed by atoms with Crippen LogP contribution >= 0.6 is 23.5 Å². The highest BCUT2D eigenvalue weighted by molar-refractivity contribution is 8.15. The summed E-state index contributed by atoms with van der Waals surface area (Å²) in [6, 6.07) is 12.6. The number of nitrogens with zero attached hydrogens (tertiary/aromatic N) is 6. The van der Waals surface area contributed by atoms with E-state index < -0.39 is 0 Å². The molecule has 0 saturated carbocycles. The smallest absolute Gasteiger partial charge is 0.423 e. The number of aryl methyl sites for hydroxylation is 4. The van der Waals surface area contributed by atoms with E-state index >= 15 is 0 Å². The van der Waals surface area contributed by atoms with E-state index in [2.05, 4.69) is 93.6 Å². The maximum Gasteiger partial charge on any atom is 0.423 e. The highest BCUT2D eigenvalue weighted by Crippen LogP contribution is 2.38. The van der Waals surface area contributed by atoms with Crippen LogP contribution in [0.1, 0.15) is 49.5 Å². The molecule has 0 bridgehead atoms. The second-order valence-electron chi connectivity index (χ2n) is 11.5. The summed E-state index contributed by atoms with van der Waals surface area (Å²) in [6.07, 6.45) is 3.73. The Balaban J connectivity index is 1.02.